The highest BCUT2D eigenvalue weighted by molar-refractivity contribution is 6.13. The second kappa shape index (κ2) is 14.8. The van der Waals surface area contributed by atoms with Gasteiger partial charge in [-0.05, 0) is 79.5 Å². The number of carbonyl (C=O) groups is 2. The van der Waals surface area contributed by atoms with Gasteiger partial charge >= 0.3 is 11.9 Å². The zero-order chi connectivity index (χ0) is 31.8. The van der Waals surface area contributed by atoms with Gasteiger partial charge in [0.1, 0.15) is 0 Å². The van der Waals surface area contributed by atoms with Crippen LogP contribution in [0.25, 0.3) is 10.8 Å². The minimum atomic E-state index is -0.458. The summed E-state index contributed by atoms with van der Waals surface area (Å²) in [6.07, 6.45) is 9.19. The molecule has 0 radical (unpaired) electrons. The van der Waals surface area contributed by atoms with Gasteiger partial charge in [0.05, 0.1) is 17.1 Å². The second-order valence-corrected chi connectivity index (χ2v) is 11.8. The lowest BCUT2D eigenvalue weighted by Crippen LogP contribution is -2.12. The SMILES string of the molecule is CC(=O)O/N=C(/C)c1ccc(N(c2ccc(CCC3CCCCC3)cc2)c2ccc(/C(C)=N\OC(C)=O)c3ccccc23)cc1. The fourth-order valence-corrected chi connectivity index (χ4v) is 6.10. The van der Waals surface area contributed by atoms with E-state index >= 15 is 0 Å². The van der Waals surface area contributed by atoms with Gasteiger partial charge in [0.2, 0.25) is 0 Å². The number of hydrogen-bond acceptors (Lipinski definition) is 7. The summed E-state index contributed by atoms with van der Waals surface area (Å²) in [7, 11) is 0. The molecule has 1 aliphatic carbocycles. The van der Waals surface area contributed by atoms with E-state index < -0.39 is 11.9 Å². The van der Waals surface area contributed by atoms with Gasteiger partial charge in [-0.1, -0.05) is 97.0 Å². The highest BCUT2D eigenvalue weighted by atomic mass is 16.7. The molecule has 7 heteroatoms. The van der Waals surface area contributed by atoms with Crippen molar-refractivity contribution in [2.75, 3.05) is 4.90 Å². The van der Waals surface area contributed by atoms with Crippen molar-refractivity contribution in [3.05, 3.63) is 102 Å². The van der Waals surface area contributed by atoms with Crippen molar-refractivity contribution in [1.29, 1.82) is 0 Å². The fraction of sp³-hybridized carbons (Fsp3) is 0.316. The van der Waals surface area contributed by atoms with E-state index in [4.69, 9.17) is 9.68 Å². The number of hydrogen-bond donors (Lipinski definition) is 0. The molecule has 5 rings (SSSR count). The first-order chi connectivity index (χ1) is 21.8. The molecule has 1 aliphatic rings. The van der Waals surface area contributed by atoms with E-state index in [9.17, 15) is 9.59 Å². The monoisotopic (exact) mass is 603 g/mol. The third kappa shape index (κ3) is 8.04. The maximum Gasteiger partial charge on any atom is 0.331 e. The molecule has 0 aliphatic heterocycles. The zero-order valence-corrected chi connectivity index (χ0v) is 26.6. The molecule has 0 N–H and O–H groups in total. The van der Waals surface area contributed by atoms with Crippen molar-refractivity contribution in [1.82, 2.24) is 0 Å². The molecule has 0 spiro atoms. The van der Waals surface area contributed by atoms with Crippen LogP contribution >= 0.6 is 0 Å². The van der Waals surface area contributed by atoms with Crippen LogP contribution in [0, 0.1) is 5.92 Å². The first kappa shape index (κ1) is 31.6. The zero-order valence-electron chi connectivity index (χ0n) is 26.6. The maximum absolute atomic E-state index is 11.4. The molecule has 0 amide bonds. The molecule has 45 heavy (non-hydrogen) atoms. The number of benzene rings is 4. The van der Waals surface area contributed by atoms with Gasteiger partial charge < -0.3 is 14.6 Å². The predicted molar refractivity (Wildman–Crippen MR) is 181 cm³/mol. The predicted octanol–water partition coefficient (Wildman–Crippen LogP) is 9.40. The molecule has 0 heterocycles. The molecule has 232 valence electrons. The van der Waals surface area contributed by atoms with Crippen LogP contribution in [0.3, 0.4) is 0 Å². The lowest BCUT2D eigenvalue weighted by atomic mass is 9.85. The molecule has 4 aromatic rings. The third-order valence-electron chi connectivity index (χ3n) is 8.46. The topological polar surface area (TPSA) is 80.6 Å². The summed E-state index contributed by atoms with van der Waals surface area (Å²) in [5.41, 5.74) is 7.35. The Morgan fingerprint density at radius 1 is 0.689 bits per heavy atom. The largest absolute Gasteiger partial charge is 0.331 e. The molecular weight excluding hydrogens is 562 g/mol. The van der Waals surface area contributed by atoms with Crippen LogP contribution in [-0.4, -0.2) is 23.4 Å². The van der Waals surface area contributed by atoms with E-state index in [0.29, 0.717) is 11.4 Å². The Balaban J connectivity index is 1.54. The summed E-state index contributed by atoms with van der Waals surface area (Å²) in [4.78, 5) is 34.7. The van der Waals surface area contributed by atoms with E-state index in [-0.39, 0.29) is 0 Å². The van der Waals surface area contributed by atoms with E-state index in [1.807, 2.05) is 44.2 Å². The normalized spacial score (nSPS) is 14.3. The minimum absolute atomic E-state index is 0.456. The van der Waals surface area contributed by atoms with Crippen LogP contribution in [0.2, 0.25) is 0 Å². The Labute approximate surface area is 265 Å². The highest BCUT2D eigenvalue weighted by Gasteiger charge is 2.19. The van der Waals surface area contributed by atoms with Crippen molar-refractivity contribution in [3.8, 4) is 0 Å². The number of aryl methyl sites for hydroxylation is 1. The molecule has 0 atom stereocenters. The van der Waals surface area contributed by atoms with E-state index in [0.717, 1.165) is 51.3 Å². The summed E-state index contributed by atoms with van der Waals surface area (Å²) in [6.45, 7) is 6.32. The third-order valence-corrected chi connectivity index (χ3v) is 8.46. The van der Waals surface area contributed by atoms with Crippen molar-refractivity contribution in [3.63, 3.8) is 0 Å². The number of nitrogens with zero attached hydrogens (tertiary/aromatic N) is 3. The molecule has 0 bridgehead atoms. The summed E-state index contributed by atoms with van der Waals surface area (Å²) >= 11 is 0. The van der Waals surface area contributed by atoms with Gasteiger partial charge in [-0.15, -0.1) is 0 Å². The van der Waals surface area contributed by atoms with Crippen LogP contribution < -0.4 is 4.90 Å². The molecular formula is C38H41N3O4. The van der Waals surface area contributed by atoms with Crippen molar-refractivity contribution in [2.24, 2.45) is 16.2 Å². The van der Waals surface area contributed by atoms with Gasteiger partial charge in [-0.3, -0.25) is 0 Å². The summed E-state index contributed by atoms with van der Waals surface area (Å²) in [5, 5.41) is 10.0. The van der Waals surface area contributed by atoms with Gasteiger partial charge in [-0.25, -0.2) is 9.59 Å². The van der Waals surface area contributed by atoms with Gasteiger partial charge in [0.15, 0.2) is 0 Å². The Kier molecular flexibility index (Phi) is 10.4. The van der Waals surface area contributed by atoms with Crippen LogP contribution in [0.5, 0.6) is 0 Å². The molecule has 0 aromatic heterocycles. The smallest absolute Gasteiger partial charge is 0.318 e. The van der Waals surface area contributed by atoms with E-state index in [2.05, 4.69) is 69.8 Å². The highest BCUT2D eigenvalue weighted by Crippen LogP contribution is 2.40. The average Bonchev–Trinajstić information content (AvgIpc) is 3.06. The van der Waals surface area contributed by atoms with Crippen molar-refractivity contribution in [2.45, 2.75) is 72.6 Å². The summed E-state index contributed by atoms with van der Waals surface area (Å²) in [6, 6.07) is 29.3. The van der Waals surface area contributed by atoms with E-state index in [1.54, 1.807) is 0 Å². The Morgan fingerprint density at radius 2 is 1.27 bits per heavy atom. The van der Waals surface area contributed by atoms with Gasteiger partial charge in [0, 0.05) is 36.2 Å². The maximum atomic E-state index is 11.4. The number of fused-ring (bicyclic) bond motifs is 1. The lowest BCUT2D eigenvalue weighted by Gasteiger charge is -2.28. The van der Waals surface area contributed by atoms with E-state index in [1.165, 1.54) is 57.9 Å². The van der Waals surface area contributed by atoms with Crippen LogP contribution in [0.4, 0.5) is 17.1 Å². The van der Waals surface area contributed by atoms with Crippen molar-refractivity contribution >= 4 is 51.2 Å². The summed E-state index contributed by atoms with van der Waals surface area (Å²) < 4.78 is 0. The standard InChI is InChI=1S/C38H41N3O4/c1-26(39-44-28(3)42)32-18-22-34(23-19-32)41(33-20-16-31(17-21-33)15-14-30-10-6-5-7-11-30)38-25-24-35(27(2)40-45-29(4)43)36-12-8-9-13-37(36)38/h8-9,12-13,16-25,30H,5-7,10-11,14-15H2,1-4H3/b39-26-,40-27-. The lowest BCUT2D eigenvalue weighted by molar-refractivity contribution is -0.141. The number of anilines is 3. The molecule has 1 saturated carbocycles. The Morgan fingerprint density at radius 3 is 1.89 bits per heavy atom. The van der Waals surface area contributed by atoms with Crippen LogP contribution in [-0.2, 0) is 25.7 Å². The molecule has 4 aromatic carbocycles. The Bertz CT molecular complexity index is 1700. The Hall–Kier alpha value is -4.78. The fourth-order valence-electron chi connectivity index (χ4n) is 6.10. The van der Waals surface area contributed by atoms with Crippen molar-refractivity contribution < 1.29 is 19.3 Å². The number of rotatable bonds is 10. The minimum Gasteiger partial charge on any atom is -0.318 e. The molecule has 0 saturated heterocycles. The van der Waals surface area contributed by atoms with Crippen LogP contribution in [0.1, 0.15) is 82.9 Å². The van der Waals surface area contributed by atoms with Crippen LogP contribution in [0.15, 0.2) is 95.2 Å². The second-order valence-electron chi connectivity index (χ2n) is 11.8. The number of carbonyl (C=O) groups excluding carboxylic acids is 2. The molecule has 0 unspecified atom stereocenters. The number of oxime groups is 2. The van der Waals surface area contributed by atoms with Gasteiger partial charge in [-0.2, -0.15) is 0 Å². The molecule has 1 fully saturated rings. The first-order valence-electron chi connectivity index (χ1n) is 15.8. The molecule has 7 nitrogen and oxygen atoms in total. The average molecular weight is 604 g/mol. The van der Waals surface area contributed by atoms with Gasteiger partial charge in [0.25, 0.3) is 0 Å². The first-order valence-corrected chi connectivity index (χ1v) is 15.8. The quantitative estimate of drug-likeness (QED) is 0.102. The summed E-state index contributed by atoms with van der Waals surface area (Å²) in [5.74, 6) is -0.0676.